The summed E-state index contributed by atoms with van der Waals surface area (Å²) in [6.45, 7) is 1.76. The number of rotatable bonds is 2. The Balaban J connectivity index is 0.000000204. The van der Waals surface area contributed by atoms with Crippen LogP contribution in [-0.2, 0) is 10.1 Å². The molecule has 2 N–H and O–H groups in total. The number of aryl methyl sites for hydroxylation is 1. The smallest absolute Gasteiger partial charge is 0.294 e. The van der Waals surface area contributed by atoms with Gasteiger partial charge in [-0.05, 0) is 36.8 Å². The lowest BCUT2D eigenvalue weighted by atomic mass is 10.2. The zero-order chi connectivity index (χ0) is 15.2. The predicted molar refractivity (Wildman–Crippen MR) is 72.3 cm³/mol. The SMILES string of the molecule is Cc1cccc(S(=O)(=O)O)c1.O=Cc1ccc(O)cn1. The van der Waals surface area contributed by atoms with E-state index in [4.69, 9.17) is 9.66 Å². The fourth-order valence-electron chi connectivity index (χ4n) is 1.24. The maximum Gasteiger partial charge on any atom is 0.294 e. The Hall–Kier alpha value is -2.25. The van der Waals surface area contributed by atoms with Gasteiger partial charge in [0.1, 0.15) is 11.4 Å². The van der Waals surface area contributed by atoms with Crippen molar-refractivity contribution in [2.45, 2.75) is 11.8 Å². The number of hydrogen-bond donors (Lipinski definition) is 2. The van der Waals surface area contributed by atoms with Gasteiger partial charge in [0.15, 0.2) is 6.29 Å². The number of hydrogen-bond acceptors (Lipinski definition) is 5. The monoisotopic (exact) mass is 295 g/mol. The average molecular weight is 295 g/mol. The quantitative estimate of drug-likeness (QED) is 0.647. The molecule has 2 rings (SSSR count). The Morgan fingerprint density at radius 3 is 2.30 bits per heavy atom. The van der Waals surface area contributed by atoms with Gasteiger partial charge in [-0.15, -0.1) is 0 Å². The first-order valence-electron chi connectivity index (χ1n) is 5.47. The first-order valence-corrected chi connectivity index (χ1v) is 6.91. The van der Waals surface area contributed by atoms with Crippen molar-refractivity contribution in [3.63, 3.8) is 0 Å². The summed E-state index contributed by atoms with van der Waals surface area (Å²) in [5.74, 6) is 0.0700. The standard InChI is InChI=1S/C7H8O3S.C6H5NO2/c1-6-3-2-4-7(5-6)11(8,9)10;8-4-5-1-2-6(9)3-7-5/h2-5H,1H3,(H,8,9,10);1-4,9H. The first-order chi connectivity index (χ1) is 9.32. The molecule has 0 saturated heterocycles. The number of aldehydes is 1. The highest BCUT2D eigenvalue weighted by Crippen LogP contribution is 2.09. The second-order valence-corrected chi connectivity index (χ2v) is 5.27. The van der Waals surface area contributed by atoms with Crippen LogP contribution in [0.3, 0.4) is 0 Å². The number of aromatic hydroxyl groups is 1. The van der Waals surface area contributed by atoms with Crippen LogP contribution in [0, 0.1) is 6.92 Å². The number of carbonyl (C=O) groups is 1. The van der Waals surface area contributed by atoms with E-state index in [2.05, 4.69) is 4.98 Å². The van der Waals surface area contributed by atoms with Gasteiger partial charge in [0.05, 0.1) is 11.1 Å². The van der Waals surface area contributed by atoms with Crippen molar-refractivity contribution in [3.8, 4) is 5.75 Å². The molecule has 7 heteroatoms. The summed E-state index contributed by atoms with van der Waals surface area (Å²) in [6, 6.07) is 8.96. The minimum atomic E-state index is -4.03. The van der Waals surface area contributed by atoms with E-state index in [0.717, 1.165) is 5.56 Å². The van der Waals surface area contributed by atoms with E-state index in [1.54, 1.807) is 19.1 Å². The summed E-state index contributed by atoms with van der Waals surface area (Å²) in [6.07, 6.45) is 1.85. The Morgan fingerprint density at radius 1 is 1.20 bits per heavy atom. The molecular formula is C13H13NO5S. The molecule has 0 amide bonds. The van der Waals surface area contributed by atoms with Crippen LogP contribution in [0.4, 0.5) is 0 Å². The lowest BCUT2D eigenvalue weighted by Crippen LogP contribution is -1.97. The maximum absolute atomic E-state index is 10.5. The number of aromatic nitrogens is 1. The minimum Gasteiger partial charge on any atom is -0.506 e. The van der Waals surface area contributed by atoms with Crippen LogP contribution in [0.5, 0.6) is 5.75 Å². The van der Waals surface area contributed by atoms with Gasteiger partial charge in [-0.3, -0.25) is 9.35 Å². The fourth-order valence-corrected chi connectivity index (χ4v) is 1.83. The molecule has 0 aliphatic heterocycles. The van der Waals surface area contributed by atoms with E-state index in [1.807, 2.05) is 0 Å². The minimum absolute atomic E-state index is 0.0579. The topological polar surface area (TPSA) is 105 Å². The molecular weight excluding hydrogens is 282 g/mol. The highest BCUT2D eigenvalue weighted by molar-refractivity contribution is 7.85. The van der Waals surface area contributed by atoms with Gasteiger partial charge in [0.25, 0.3) is 10.1 Å². The van der Waals surface area contributed by atoms with Crippen molar-refractivity contribution in [1.29, 1.82) is 0 Å². The summed E-state index contributed by atoms with van der Waals surface area (Å²) >= 11 is 0. The molecule has 1 heterocycles. The van der Waals surface area contributed by atoms with Crippen LogP contribution in [-0.4, -0.2) is 29.3 Å². The lowest BCUT2D eigenvalue weighted by molar-refractivity contribution is 0.111. The van der Waals surface area contributed by atoms with E-state index in [9.17, 15) is 13.2 Å². The number of carbonyl (C=O) groups excluding carboxylic acids is 1. The molecule has 0 radical (unpaired) electrons. The Morgan fingerprint density at radius 2 is 1.90 bits per heavy atom. The number of pyridine rings is 1. The van der Waals surface area contributed by atoms with Gasteiger partial charge < -0.3 is 5.11 Å². The number of nitrogens with zero attached hydrogens (tertiary/aromatic N) is 1. The molecule has 0 atom stereocenters. The molecule has 0 bridgehead atoms. The van der Waals surface area contributed by atoms with E-state index >= 15 is 0 Å². The normalized spacial score (nSPS) is 10.3. The van der Waals surface area contributed by atoms with E-state index in [0.29, 0.717) is 12.0 Å². The van der Waals surface area contributed by atoms with Crippen molar-refractivity contribution in [1.82, 2.24) is 4.98 Å². The average Bonchev–Trinajstić information content (AvgIpc) is 2.39. The van der Waals surface area contributed by atoms with Gasteiger partial charge in [-0.1, -0.05) is 12.1 Å². The molecule has 0 aliphatic carbocycles. The molecule has 2 aromatic rings. The van der Waals surface area contributed by atoms with Crippen molar-refractivity contribution in [2.75, 3.05) is 0 Å². The Kier molecular flexibility index (Phi) is 5.36. The third kappa shape index (κ3) is 5.17. The lowest BCUT2D eigenvalue weighted by Gasteiger charge is -1.96. The molecule has 0 unspecified atom stereocenters. The second kappa shape index (κ2) is 6.78. The van der Waals surface area contributed by atoms with E-state index in [1.165, 1.54) is 30.5 Å². The van der Waals surface area contributed by atoms with E-state index in [-0.39, 0.29) is 10.6 Å². The van der Waals surface area contributed by atoms with Crippen LogP contribution in [0.1, 0.15) is 16.1 Å². The maximum atomic E-state index is 10.5. The summed E-state index contributed by atoms with van der Waals surface area (Å²) in [5, 5.41) is 8.67. The van der Waals surface area contributed by atoms with Gasteiger partial charge in [-0.2, -0.15) is 8.42 Å². The molecule has 0 fully saturated rings. The second-order valence-electron chi connectivity index (χ2n) is 3.85. The van der Waals surface area contributed by atoms with Crippen LogP contribution in [0.15, 0.2) is 47.5 Å². The molecule has 1 aromatic carbocycles. The third-order valence-electron chi connectivity index (χ3n) is 2.18. The highest BCUT2D eigenvalue weighted by Gasteiger charge is 2.07. The molecule has 0 saturated carbocycles. The largest absolute Gasteiger partial charge is 0.506 e. The molecule has 1 aromatic heterocycles. The van der Waals surface area contributed by atoms with Crippen molar-refractivity contribution < 1.29 is 22.9 Å². The third-order valence-corrected chi connectivity index (χ3v) is 3.03. The fraction of sp³-hybridized carbons (Fsp3) is 0.0769. The molecule has 106 valence electrons. The zero-order valence-electron chi connectivity index (χ0n) is 10.6. The van der Waals surface area contributed by atoms with Crippen LogP contribution in [0.25, 0.3) is 0 Å². The Bertz CT molecular complexity index is 680. The highest BCUT2D eigenvalue weighted by atomic mass is 32.2. The molecule has 6 nitrogen and oxygen atoms in total. The molecule has 0 spiro atoms. The molecule has 20 heavy (non-hydrogen) atoms. The summed E-state index contributed by atoms with van der Waals surface area (Å²) in [4.78, 5) is 13.5. The van der Waals surface area contributed by atoms with Crippen molar-refractivity contribution in [3.05, 3.63) is 53.9 Å². The van der Waals surface area contributed by atoms with Gasteiger partial charge in [-0.25, -0.2) is 4.98 Å². The number of benzene rings is 1. The van der Waals surface area contributed by atoms with Gasteiger partial charge >= 0.3 is 0 Å². The summed E-state index contributed by atoms with van der Waals surface area (Å²) in [5.41, 5.74) is 1.13. The van der Waals surface area contributed by atoms with Crippen LogP contribution in [0.2, 0.25) is 0 Å². The predicted octanol–water partition coefficient (Wildman–Crippen LogP) is 1.84. The van der Waals surface area contributed by atoms with Gasteiger partial charge in [0, 0.05) is 0 Å². The summed E-state index contributed by atoms with van der Waals surface area (Å²) in [7, 11) is -4.03. The van der Waals surface area contributed by atoms with Crippen molar-refractivity contribution in [2.24, 2.45) is 0 Å². The van der Waals surface area contributed by atoms with Crippen molar-refractivity contribution >= 4 is 16.4 Å². The van der Waals surface area contributed by atoms with Crippen LogP contribution < -0.4 is 0 Å². The van der Waals surface area contributed by atoms with Crippen LogP contribution >= 0.6 is 0 Å². The Labute approximate surface area is 116 Å². The van der Waals surface area contributed by atoms with Gasteiger partial charge in [0.2, 0.25) is 0 Å². The molecule has 0 aliphatic rings. The zero-order valence-corrected chi connectivity index (χ0v) is 11.4. The first kappa shape index (κ1) is 15.8. The summed E-state index contributed by atoms with van der Waals surface area (Å²) < 4.78 is 29.7. The van der Waals surface area contributed by atoms with E-state index < -0.39 is 10.1 Å².